The van der Waals surface area contributed by atoms with Crippen molar-refractivity contribution in [1.29, 1.82) is 0 Å². The van der Waals surface area contributed by atoms with Crippen molar-refractivity contribution in [2.45, 2.75) is 6.92 Å². The van der Waals surface area contributed by atoms with E-state index in [1.54, 1.807) is 14.0 Å². The number of benzene rings is 1. The van der Waals surface area contributed by atoms with E-state index in [0.29, 0.717) is 12.2 Å². The van der Waals surface area contributed by atoms with Crippen LogP contribution in [0.15, 0.2) is 23.6 Å². The molecule has 3 nitrogen and oxygen atoms in total. The van der Waals surface area contributed by atoms with Gasteiger partial charge in [-0.05, 0) is 25.1 Å². The van der Waals surface area contributed by atoms with Crippen LogP contribution in [-0.4, -0.2) is 19.7 Å². The molecule has 1 aromatic carbocycles. The number of hydrogen-bond acceptors (Lipinski definition) is 4. The van der Waals surface area contributed by atoms with Crippen molar-refractivity contribution >= 4 is 27.4 Å². The second-order valence-electron chi connectivity index (χ2n) is 3.23. The summed E-state index contributed by atoms with van der Waals surface area (Å²) in [6.07, 6.45) is 0. The molecule has 0 aliphatic heterocycles. The van der Waals surface area contributed by atoms with Crippen molar-refractivity contribution in [1.82, 2.24) is 0 Å². The molecule has 0 aliphatic rings. The molecule has 16 heavy (non-hydrogen) atoms. The highest BCUT2D eigenvalue weighted by Crippen LogP contribution is 2.29. The van der Waals surface area contributed by atoms with E-state index in [0.717, 1.165) is 15.8 Å². The number of carbonyl (C=O) groups is 1. The first-order chi connectivity index (χ1) is 7.76. The molecular weight excluding hydrogens is 224 g/mol. The van der Waals surface area contributed by atoms with E-state index in [-0.39, 0.29) is 5.97 Å². The van der Waals surface area contributed by atoms with E-state index in [1.807, 2.05) is 23.6 Å². The maximum atomic E-state index is 11.6. The summed E-state index contributed by atoms with van der Waals surface area (Å²) in [5, 5.41) is 2.74. The van der Waals surface area contributed by atoms with Gasteiger partial charge in [-0.25, -0.2) is 4.79 Å². The minimum absolute atomic E-state index is 0.265. The van der Waals surface area contributed by atoms with Crippen molar-refractivity contribution in [3.63, 3.8) is 0 Å². The van der Waals surface area contributed by atoms with Gasteiger partial charge in [0.25, 0.3) is 0 Å². The molecule has 84 valence electrons. The molecule has 2 aromatic rings. The lowest BCUT2D eigenvalue weighted by molar-refractivity contribution is 0.0529. The van der Waals surface area contributed by atoms with Crippen LogP contribution in [0, 0.1) is 0 Å². The summed E-state index contributed by atoms with van der Waals surface area (Å²) in [4.78, 5) is 11.6. The largest absolute Gasteiger partial charge is 0.497 e. The van der Waals surface area contributed by atoms with Crippen molar-refractivity contribution in [3.05, 3.63) is 29.1 Å². The Labute approximate surface area is 97.6 Å². The number of esters is 1. The molecule has 0 spiro atoms. The summed E-state index contributed by atoms with van der Waals surface area (Å²) in [5.41, 5.74) is 0.629. The molecule has 0 unspecified atom stereocenters. The zero-order chi connectivity index (χ0) is 11.5. The highest BCUT2D eigenvalue weighted by Gasteiger charge is 2.13. The molecule has 0 N–H and O–H groups in total. The molecule has 0 amide bonds. The van der Waals surface area contributed by atoms with Gasteiger partial charge in [-0.3, -0.25) is 0 Å². The van der Waals surface area contributed by atoms with Gasteiger partial charge in [0.05, 0.1) is 19.3 Å². The predicted octanol–water partition coefficient (Wildman–Crippen LogP) is 3.09. The second kappa shape index (κ2) is 4.53. The summed E-state index contributed by atoms with van der Waals surface area (Å²) >= 11 is 1.52. The Hall–Kier alpha value is -1.55. The van der Waals surface area contributed by atoms with E-state index in [2.05, 4.69) is 0 Å². The topological polar surface area (TPSA) is 35.5 Å². The van der Waals surface area contributed by atoms with Crippen molar-refractivity contribution in [2.75, 3.05) is 13.7 Å². The summed E-state index contributed by atoms with van der Waals surface area (Å²) in [6.45, 7) is 2.20. The number of rotatable bonds is 3. The van der Waals surface area contributed by atoms with Crippen molar-refractivity contribution in [3.8, 4) is 5.75 Å². The maximum Gasteiger partial charge on any atom is 0.339 e. The van der Waals surface area contributed by atoms with Crippen LogP contribution in [0.3, 0.4) is 0 Å². The monoisotopic (exact) mass is 236 g/mol. The molecule has 0 saturated carbocycles. The van der Waals surface area contributed by atoms with Gasteiger partial charge in [0.2, 0.25) is 0 Å². The maximum absolute atomic E-state index is 11.6. The van der Waals surface area contributed by atoms with E-state index >= 15 is 0 Å². The lowest BCUT2D eigenvalue weighted by Gasteiger charge is -2.01. The van der Waals surface area contributed by atoms with E-state index in [1.165, 1.54) is 11.3 Å². The average molecular weight is 236 g/mol. The first kappa shape index (κ1) is 11.0. The van der Waals surface area contributed by atoms with Crippen LogP contribution in [0.1, 0.15) is 17.3 Å². The number of hydrogen-bond donors (Lipinski definition) is 0. The third-order valence-electron chi connectivity index (χ3n) is 2.28. The lowest BCUT2D eigenvalue weighted by atomic mass is 10.2. The second-order valence-corrected chi connectivity index (χ2v) is 4.14. The Morgan fingerprint density at radius 1 is 1.44 bits per heavy atom. The molecule has 0 aliphatic carbocycles. The Balaban J connectivity index is 2.45. The fourth-order valence-electron chi connectivity index (χ4n) is 1.50. The number of methoxy groups -OCH3 is 1. The van der Waals surface area contributed by atoms with Crippen molar-refractivity contribution in [2.24, 2.45) is 0 Å². The smallest absolute Gasteiger partial charge is 0.339 e. The molecule has 1 aromatic heterocycles. The molecule has 1 heterocycles. The SMILES string of the molecule is CCOC(=O)c1csc2cc(OC)ccc12. The Morgan fingerprint density at radius 2 is 2.25 bits per heavy atom. The van der Waals surface area contributed by atoms with Gasteiger partial charge in [-0.2, -0.15) is 0 Å². The van der Waals surface area contributed by atoms with Gasteiger partial charge >= 0.3 is 5.97 Å². The van der Waals surface area contributed by atoms with Crippen LogP contribution in [0.4, 0.5) is 0 Å². The standard InChI is InChI=1S/C12H12O3S/c1-3-15-12(13)10-7-16-11-6-8(14-2)4-5-9(10)11/h4-7H,3H2,1-2H3. The molecule has 0 fully saturated rings. The molecule has 0 atom stereocenters. The summed E-state index contributed by atoms with van der Waals surface area (Å²) < 4.78 is 11.1. The molecule has 0 saturated heterocycles. The Morgan fingerprint density at radius 3 is 2.94 bits per heavy atom. The molecular formula is C12H12O3S. The molecule has 0 bridgehead atoms. The highest BCUT2D eigenvalue weighted by atomic mass is 32.1. The van der Waals surface area contributed by atoms with Crippen LogP contribution in [-0.2, 0) is 4.74 Å². The minimum atomic E-state index is -0.265. The van der Waals surface area contributed by atoms with E-state index < -0.39 is 0 Å². The summed E-state index contributed by atoms with van der Waals surface area (Å²) in [7, 11) is 1.63. The van der Waals surface area contributed by atoms with Gasteiger partial charge < -0.3 is 9.47 Å². The number of ether oxygens (including phenoxy) is 2. The molecule has 4 heteroatoms. The fraction of sp³-hybridized carbons (Fsp3) is 0.250. The quantitative estimate of drug-likeness (QED) is 0.768. The third-order valence-corrected chi connectivity index (χ3v) is 3.22. The van der Waals surface area contributed by atoms with Gasteiger partial charge in [-0.1, -0.05) is 0 Å². The zero-order valence-electron chi connectivity index (χ0n) is 9.15. The molecule has 0 radical (unpaired) electrons. The number of thiophene rings is 1. The number of fused-ring (bicyclic) bond motifs is 1. The van der Waals surface area contributed by atoms with E-state index in [4.69, 9.17) is 9.47 Å². The van der Waals surface area contributed by atoms with Crippen molar-refractivity contribution < 1.29 is 14.3 Å². The summed E-state index contributed by atoms with van der Waals surface area (Å²) in [6, 6.07) is 5.65. The molecule has 2 rings (SSSR count). The van der Waals surface area contributed by atoms with Crippen LogP contribution in [0.5, 0.6) is 5.75 Å². The normalized spacial score (nSPS) is 10.4. The number of carbonyl (C=O) groups excluding carboxylic acids is 1. The Kier molecular flexibility index (Phi) is 3.10. The third kappa shape index (κ3) is 1.88. The van der Waals surface area contributed by atoms with Gasteiger partial charge in [0.1, 0.15) is 5.75 Å². The minimum Gasteiger partial charge on any atom is -0.497 e. The lowest BCUT2D eigenvalue weighted by Crippen LogP contribution is -2.03. The van der Waals surface area contributed by atoms with Gasteiger partial charge in [-0.15, -0.1) is 11.3 Å². The van der Waals surface area contributed by atoms with Crippen LogP contribution in [0.25, 0.3) is 10.1 Å². The fourth-order valence-corrected chi connectivity index (χ4v) is 2.46. The van der Waals surface area contributed by atoms with Gasteiger partial charge in [0.15, 0.2) is 0 Å². The van der Waals surface area contributed by atoms with E-state index in [9.17, 15) is 4.79 Å². The van der Waals surface area contributed by atoms with Crippen LogP contribution in [0.2, 0.25) is 0 Å². The highest BCUT2D eigenvalue weighted by molar-refractivity contribution is 7.17. The first-order valence-electron chi connectivity index (χ1n) is 4.98. The van der Waals surface area contributed by atoms with Gasteiger partial charge in [0, 0.05) is 15.5 Å². The predicted molar refractivity (Wildman–Crippen MR) is 64.3 cm³/mol. The van der Waals surface area contributed by atoms with Crippen LogP contribution < -0.4 is 4.74 Å². The average Bonchev–Trinajstić information content (AvgIpc) is 2.71. The van der Waals surface area contributed by atoms with Crippen LogP contribution >= 0.6 is 11.3 Å². The first-order valence-corrected chi connectivity index (χ1v) is 5.86. The zero-order valence-corrected chi connectivity index (χ0v) is 9.97. The summed E-state index contributed by atoms with van der Waals surface area (Å²) in [5.74, 6) is 0.531. The Bertz CT molecular complexity index is 516.